The molecule has 1 aliphatic carbocycles. The third-order valence-corrected chi connectivity index (χ3v) is 4.71. The van der Waals surface area contributed by atoms with Crippen molar-refractivity contribution in [3.63, 3.8) is 0 Å². The summed E-state index contributed by atoms with van der Waals surface area (Å²) in [6, 6.07) is 2.74. The maximum Gasteiger partial charge on any atom is 0.0227 e. The zero-order valence-electron chi connectivity index (χ0n) is 9.75. The van der Waals surface area contributed by atoms with E-state index in [1.165, 1.54) is 64.5 Å². The number of nitrogens with zero attached hydrogens (tertiary/aromatic N) is 1. The first-order chi connectivity index (χ1) is 7.45. The lowest BCUT2D eigenvalue weighted by atomic mass is 9.93. The molecule has 0 radical (unpaired) electrons. The highest BCUT2D eigenvalue weighted by Crippen LogP contribution is 2.34. The van der Waals surface area contributed by atoms with Crippen molar-refractivity contribution < 1.29 is 0 Å². The molecule has 2 atom stereocenters. The van der Waals surface area contributed by atoms with Crippen molar-refractivity contribution in [3.8, 4) is 0 Å². The summed E-state index contributed by atoms with van der Waals surface area (Å²) >= 11 is 0. The van der Waals surface area contributed by atoms with Crippen LogP contribution in [0.25, 0.3) is 0 Å². The molecule has 3 fully saturated rings. The molecule has 0 aromatic carbocycles. The minimum atomic E-state index is 0.876. The molecule has 2 saturated heterocycles. The maximum atomic E-state index is 3.61. The molecule has 2 nitrogen and oxygen atoms in total. The second-order valence-electron chi connectivity index (χ2n) is 5.62. The normalized spacial score (nSPS) is 39.2. The third-order valence-electron chi connectivity index (χ3n) is 4.71. The predicted octanol–water partition coefficient (Wildman–Crippen LogP) is 2.15. The average molecular weight is 208 g/mol. The van der Waals surface area contributed by atoms with Gasteiger partial charge < -0.3 is 5.32 Å². The van der Waals surface area contributed by atoms with Gasteiger partial charge in [0, 0.05) is 24.7 Å². The molecular weight excluding hydrogens is 184 g/mol. The Morgan fingerprint density at radius 3 is 2.33 bits per heavy atom. The number of nitrogens with one attached hydrogen (secondary N) is 1. The largest absolute Gasteiger partial charge is 0.315 e. The molecule has 1 N–H and O–H groups in total. The van der Waals surface area contributed by atoms with Gasteiger partial charge in [-0.05, 0) is 38.6 Å². The molecule has 0 amide bonds. The zero-order valence-corrected chi connectivity index (χ0v) is 9.75. The molecular formula is C13H24N2. The van der Waals surface area contributed by atoms with Gasteiger partial charge in [0.05, 0.1) is 0 Å². The van der Waals surface area contributed by atoms with Crippen LogP contribution in [0, 0.1) is 0 Å². The quantitative estimate of drug-likeness (QED) is 0.710. The molecule has 3 aliphatic rings. The molecule has 2 heteroatoms. The topological polar surface area (TPSA) is 15.3 Å². The van der Waals surface area contributed by atoms with Crippen molar-refractivity contribution >= 4 is 0 Å². The molecule has 2 unspecified atom stereocenters. The molecule has 0 spiro atoms. The van der Waals surface area contributed by atoms with Crippen molar-refractivity contribution in [2.24, 2.45) is 0 Å². The van der Waals surface area contributed by atoms with Crippen molar-refractivity contribution in [2.75, 3.05) is 13.1 Å². The van der Waals surface area contributed by atoms with E-state index in [1.807, 2.05) is 0 Å². The monoisotopic (exact) mass is 208 g/mol. The summed E-state index contributed by atoms with van der Waals surface area (Å²) in [5.41, 5.74) is 0. The van der Waals surface area contributed by atoms with Crippen LogP contribution in [0.4, 0.5) is 0 Å². The fourth-order valence-corrected chi connectivity index (χ4v) is 3.99. The highest BCUT2D eigenvalue weighted by Gasteiger charge is 2.38. The van der Waals surface area contributed by atoms with Crippen molar-refractivity contribution in [1.29, 1.82) is 0 Å². The van der Waals surface area contributed by atoms with E-state index in [0.29, 0.717) is 0 Å². The number of hydrogen-bond acceptors (Lipinski definition) is 2. The lowest BCUT2D eigenvalue weighted by Gasteiger charge is -2.38. The second kappa shape index (κ2) is 4.42. The summed E-state index contributed by atoms with van der Waals surface area (Å²) in [6.45, 7) is 2.51. The Kier molecular flexibility index (Phi) is 2.98. The van der Waals surface area contributed by atoms with E-state index in [-0.39, 0.29) is 0 Å². The van der Waals surface area contributed by atoms with Gasteiger partial charge in [-0.1, -0.05) is 19.3 Å². The molecule has 2 bridgehead atoms. The first-order valence-corrected chi connectivity index (χ1v) is 6.93. The van der Waals surface area contributed by atoms with Crippen LogP contribution in [0.3, 0.4) is 0 Å². The van der Waals surface area contributed by atoms with E-state index < -0.39 is 0 Å². The Balaban J connectivity index is 1.72. The molecule has 0 aromatic heterocycles. The molecule has 86 valence electrons. The summed E-state index contributed by atoms with van der Waals surface area (Å²) in [7, 11) is 0. The summed E-state index contributed by atoms with van der Waals surface area (Å²) in [5.74, 6) is 0. The van der Waals surface area contributed by atoms with Crippen LogP contribution in [-0.2, 0) is 0 Å². The van der Waals surface area contributed by atoms with E-state index in [2.05, 4.69) is 10.2 Å². The Bertz CT molecular complexity index is 197. The fourth-order valence-electron chi connectivity index (χ4n) is 3.99. The Labute approximate surface area is 93.4 Å². The first-order valence-electron chi connectivity index (χ1n) is 6.93. The molecule has 3 rings (SSSR count). The lowest BCUT2D eigenvalue weighted by Crippen LogP contribution is -2.46. The SMILES string of the molecule is C1CCC(N2C3CCNCC2CC3)CC1. The van der Waals surface area contributed by atoms with Crippen LogP contribution < -0.4 is 5.32 Å². The van der Waals surface area contributed by atoms with Crippen LogP contribution in [-0.4, -0.2) is 36.1 Å². The average Bonchev–Trinajstić information content (AvgIpc) is 2.53. The molecule has 0 aromatic rings. The highest BCUT2D eigenvalue weighted by molar-refractivity contribution is 4.95. The van der Waals surface area contributed by atoms with Crippen molar-refractivity contribution in [1.82, 2.24) is 10.2 Å². The minimum Gasteiger partial charge on any atom is -0.315 e. The highest BCUT2D eigenvalue weighted by atomic mass is 15.3. The Morgan fingerprint density at radius 1 is 0.733 bits per heavy atom. The van der Waals surface area contributed by atoms with Gasteiger partial charge in [0.2, 0.25) is 0 Å². The summed E-state index contributed by atoms with van der Waals surface area (Å²) in [5, 5.41) is 3.61. The van der Waals surface area contributed by atoms with Gasteiger partial charge in [-0.25, -0.2) is 0 Å². The van der Waals surface area contributed by atoms with E-state index >= 15 is 0 Å². The lowest BCUT2D eigenvalue weighted by molar-refractivity contribution is 0.106. The third kappa shape index (κ3) is 1.94. The van der Waals surface area contributed by atoms with Crippen LogP contribution in [0.1, 0.15) is 51.4 Å². The van der Waals surface area contributed by atoms with Gasteiger partial charge in [0.25, 0.3) is 0 Å². The maximum absolute atomic E-state index is 3.61. The van der Waals surface area contributed by atoms with Crippen LogP contribution in [0.15, 0.2) is 0 Å². The standard InChI is InChI=1S/C13H24N2/c1-2-4-11(5-3-1)15-12-6-7-13(15)10-14-9-8-12/h11-14H,1-10H2. The Hall–Kier alpha value is -0.0800. The molecule has 2 heterocycles. The van der Waals surface area contributed by atoms with E-state index in [1.54, 1.807) is 0 Å². The van der Waals surface area contributed by atoms with E-state index in [9.17, 15) is 0 Å². The van der Waals surface area contributed by atoms with Gasteiger partial charge >= 0.3 is 0 Å². The van der Waals surface area contributed by atoms with E-state index in [0.717, 1.165) is 18.1 Å². The minimum absolute atomic E-state index is 0.876. The number of rotatable bonds is 1. The second-order valence-corrected chi connectivity index (χ2v) is 5.62. The van der Waals surface area contributed by atoms with E-state index in [4.69, 9.17) is 0 Å². The van der Waals surface area contributed by atoms with Gasteiger partial charge in [0.15, 0.2) is 0 Å². The molecule has 15 heavy (non-hydrogen) atoms. The smallest absolute Gasteiger partial charge is 0.0227 e. The fraction of sp³-hybridized carbons (Fsp3) is 1.00. The van der Waals surface area contributed by atoms with Gasteiger partial charge in [-0.3, -0.25) is 4.90 Å². The van der Waals surface area contributed by atoms with Crippen molar-refractivity contribution in [3.05, 3.63) is 0 Å². The summed E-state index contributed by atoms with van der Waals surface area (Å²) in [4.78, 5) is 2.92. The molecule has 2 aliphatic heterocycles. The van der Waals surface area contributed by atoms with Crippen molar-refractivity contribution in [2.45, 2.75) is 69.5 Å². The number of hydrogen-bond donors (Lipinski definition) is 1. The van der Waals surface area contributed by atoms with Gasteiger partial charge in [0.1, 0.15) is 0 Å². The summed E-state index contributed by atoms with van der Waals surface area (Å²) in [6.07, 6.45) is 11.7. The predicted molar refractivity (Wildman–Crippen MR) is 63.0 cm³/mol. The van der Waals surface area contributed by atoms with Crippen LogP contribution in [0.2, 0.25) is 0 Å². The molecule has 1 saturated carbocycles. The van der Waals surface area contributed by atoms with Gasteiger partial charge in [-0.2, -0.15) is 0 Å². The number of fused-ring (bicyclic) bond motifs is 2. The summed E-state index contributed by atoms with van der Waals surface area (Å²) < 4.78 is 0. The Morgan fingerprint density at radius 2 is 1.47 bits per heavy atom. The van der Waals surface area contributed by atoms with Crippen LogP contribution >= 0.6 is 0 Å². The van der Waals surface area contributed by atoms with Gasteiger partial charge in [-0.15, -0.1) is 0 Å². The first kappa shape index (κ1) is 10.1. The zero-order chi connectivity index (χ0) is 10.1. The van der Waals surface area contributed by atoms with Crippen LogP contribution in [0.5, 0.6) is 0 Å².